The second-order valence-corrected chi connectivity index (χ2v) is 3.90. The molecule has 0 aromatic rings. The summed E-state index contributed by atoms with van der Waals surface area (Å²) < 4.78 is 15.1. The molecular weight excluding hydrogens is 198 g/mol. The number of ether oxygens (including phenoxy) is 3. The molecule has 3 fully saturated rings. The number of nitrogens with one attached hydrogen (secondary N) is 1. The number of amides is 1. The molecule has 5 heteroatoms. The molecule has 0 aromatic heterocycles. The second-order valence-electron chi connectivity index (χ2n) is 3.90. The lowest BCUT2D eigenvalue weighted by Gasteiger charge is -1.95. The summed E-state index contributed by atoms with van der Waals surface area (Å²) in [7, 11) is 0. The zero-order valence-electron chi connectivity index (χ0n) is 8.74. The topological polar surface area (TPSA) is 63.4 Å². The van der Waals surface area contributed by atoms with Gasteiger partial charge in [-0.25, -0.2) is 0 Å². The van der Waals surface area contributed by atoms with Crippen molar-refractivity contribution >= 4 is 5.91 Å². The van der Waals surface area contributed by atoms with Crippen LogP contribution in [0.25, 0.3) is 0 Å². The van der Waals surface area contributed by atoms with Crippen LogP contribution in [0.5, 0.6) is 0 Å². The fourth-order valence-electron chi connectivity index (χ4n) is 1.22. The van der Waals surface area contributed by atoms with Gasteiger partial charge in [-0.3, -0.25) is 4.79 Å². The van der Waals surface area contributed by atoms with Crippen molar-refractivity contribution in [2.24, 2.45) is 0 Å². The minimum absolute atomic E-state index is 0.204. The summed E-state index contributed by atoms with van der Waals surface area (Å²) in [5.74, 6) is 0.204. The van der Waals surface area contributed by atoms with Crippen LogP contribution in [0.4, 0.5) is 0 Å². The van der Waals surface area contributed by atoms with E-state index < -0.39 is 0 Å². The normalized spacial score (nSPS) is 31.6. The maximum absolute atomic E-state index is 10.1. The molecule has 15 heavy (non-hydrogen) atoms. The Balaban J connectivity index is 0.000000124. The number of carbonyl (C=O) groups excluding carboxylic acids is 1. The van der Waals surface area contributed by atoms with Crippen molar-refractivity contribution in [3.8, 4) is 0 Å². The SMILES string of the molecule is C(OCC1CO1)C1CO1.O=C1CCCN1. The summed E-state index contributed by atoms with van der Waals surface area (Å²) in [4.78, 5) is 10.1. The molecule has 0 radical (unpaired) electrons. The molecule has 3 rings (SSSR count). The lowest BCUT2D eigenvalue weighted by molar-refractivity contribution is -0.119. The number of carbonyl (C=O) groups is 1. The quantitative estimate of drug-likeness (QED) is 0.654. The Bertz CT molecular complexity index is 193. The van der Waals surface area contributed by atoms with Crippen molar-refractivity contribution in [2.75, 3.05) is 33.0 Å². The van der Waals surface area contributed by atoms with Crippen LogP contribution in [0.3, 0.4) is 0 Å². The average molecular weight is 215 g/mol. The van der Waals surface area contributed by atoms with Gasteiger partial charge in [0.1, 0.15) is 12.2 Å². The highest BCUT2D eigenvalue weighted by Gasteiger charge is 2.26. The van der Waals surface area contributed by atoms with Crippen LogP contribution >= 0.6 is 0 Å². The highest BCUT2D eigenvalue weighted by atomic mass is 16.6. The Morgan fingerprint density at radius 1 is 1.27 bits per heavy atom. The number of epoxide rings is 2. The molecule has 0 bridgehead atoms. The molecule has 0 aliphatic carbocycles. The first kappa shape index (κ1) is 10.9. The lowest BCUT2D eigenvalue weighted by atomic mass is 10.4. The van der Waals surface area contributed by atoms with Gasteiger partial charge in [-0.05, 0) is 6.42 Å². The molecule has 3 heterocycles. The van der Waals surface area contributed by atoms with Crippen LogP contribution in [0.1, 0.15) is 12.8 Å². The highest BCUT2D eigenvalue weighted by molar-refractivity contribution is 5.77. The van der Waals surface area contributed by atoms with Crippen molar-refractivity contribution in [1.29, 1.82) is 0 Å². The van der Waals surface area contributed by atoms with Gasteiger partial charge < -0.3 is 19.5 Å². The first-order chi connectivity index (χ1) is 7.34. The minimum Gasteiger partial charge on any atom is -0.376 e. The molecule has 86 valence electrons. The molecule has 2 unspecified atom stereocenters. The van der Waals surface area contributed by atoms with Gasteiger partial charge in [-0.2, -0.15) is 0 Å². The van der Waals surface area contributed by atoms with Crippen LogP contribution in [0.15, 0.2) is 0 Å². The van der Waals surface area contributed by atoms with Gasteiger partial charge in [0.05, 0.1) is 26.4 Å². The van der Waals surface area contributed by atoms with E-state index >= 15 is 0 Å². The molecule has 5 nitrogen and oxygen atoms in total. The fourth-order valence-corrected chi connectivity index (χ4v) is 1.22. The standard InChI is InChI=1S/C6H10O3.C4H7NO/c1(5-3-8-5)7-2-6-4-9-6;6-4-2-1-3-5-4/h5-6H,1-4H2;1-3H2,(H,5,6). The molecular formula is C10H17NO4. The van der Waals surface area contributed by atoms with E-state index in [4.69, 9.17) is 14.2 Å². The van der Waals surface area contributed by atoms with Gasteiger partial charge in [0.25, 0.3) is 0 Å². The van der Waals surface area contributed by atoms with Crippen LogP contribution < -0.4 is 5.32 Å². The van der Waals surface area contributed by atoms with Gasteiger partial charge in [-0.1, -0.05) is 0 Å². The van der Waals surface area contributed by atoms with E-state index in [9.17, 15) is 4.79 Å². The van der Waals surface area contributed by atoms with Crippen molar-refractivity contribution in [2.45, 2.75) is 25.0 Å². The Morgan fingerprint density at radius 3 is 2.13 bits per heavy atom. The van der Waals surface area contributed by atoms with Crippen molar-refractivity contribution in [3.05, 3.63) is 0 Å². The van der Waals surface area contributed by atoms with Crippen LogP contribution in [0.2, 0.25) is 0 Å². The zero-order chi connectivity index (χ0) is 10.5. The average Bonchev–Trinajstić information content (AvgIpc) is 3.13. The summed E-state index contributed by atoms with van der Waals surface area (Å²) in [6.07, 6.45) is 2.55. The smallest absolute Gasteiger partial charge is 0.220 e. The molecule has 1 N–H and O–H groups in total. The molecule has 0 saturated carbocycles. The van der Waals surface area contributed by atoms with Gasteiger partial charge in [0.2, 0.25) is 5.91 Å². The Morgan fingerprint density at radius 2 is 1.87 bits per heavy atom. The maximum atomic E-state index is 10.1. The minimum atomic E-state index is 0.204. The van der Waals surface area contributed by atoms with Gasteiger partial charge in [-0.15, -0.1) is 0 Å². The molecule has 0 spiro atoms. The van der Waals surface area contributed by atoms with E-state index in [1.54, 1.807) is 0 Å². The fraction of sp³-hybridized carbons (Fsp3) is 0.900. The van der Waals surface area contributed by atoms with E-state index in [1.807, 2.05) is 0 Å². The highest BCUT2D eigenvalue weighted by Crippen LogP contribution is 2.12. The van der Waals surface area contributed by atoms with Crippen LogP contribution in [-0.4, -0.2) is 51.1 Å². The van der Waals surface area contributed by atoms with E-state index in [2.05, 4.69) is 5.32 Å². The van der Waals surface area contributed by atoms with Crippen molar-refractivity contribution in [1.82, 2.24) is 5.32 Å². The van der Waals surface area contributed by atoms with E-state index in [-0.39, 0.29) is 5.91 Å². The largest absolute Gasteiger partial charge is 0.376 e. The Labute approximate surface area is 89.1 Å². The molecule has 3 aliphatic heterocycles. The molecule has 3 saturated heterocycles. The molecule has 1 amide bonds. The predicted molar refractivity (Wildman–Crippen MR) is 52.5 cm³/mol. The summed E-state index contributed by atoms with van der Waals surface area (Å²) >= 11 is 0. The maximum Gasteiger partial charge on any atom is 0.220 e. The molecule has 0 aromatic carbocycles. The van der Waals surface area contributed by atoms with Crippen molar-refractivity contribution < 1.29 is 19.0 Å². The lowest BCUT2D eigenvalue weighted by Crippen LogP contribution is -2.12. The van der Waals surface area contributed by atoms with E-state index in [1.165, 1.54) is 0 Å². The Hall–Kier alpha value is -0.650. The summed E-state index contributed by atoms with van der Waals surface area (Å²) in [5, 5.41) is 2.68. The molecule has 3 aliphatic rings. The third-order valence-corrected chi connectivity index (χ3v) is 2.32. The predicted octanol–water partition coefficient (Wildman–Crippen LogP) is -0.303. The first-order valence-electron chi connectivity index (χ1n) is 5.42. The van der Waals surface area contributed by atoms with E-state index in [0.717, 1.165) is 45.8 Å². The van der Waals surface area contributed by atoms with Crippen LogP contribution in [-0.2, 0) is 19.0 Å². The second kappa shape index (κ2) is 5.44. The number of rotatable bonds is 4. The summed E-state index contributed by atoms with van der Waals surface area (Å²) in [6.45, 7) is 4.15. The van der Waals surface area contributed by atoms with Crippen molar-refractivity contribution in [3.63, 3.8) is 0 Å². The third kappa shape index (κ3) is 5.11. The number of hydrogen-bond acceptors (Lipinski definition) is 4. The first-order valence-corrected chi connectivity index (χ1v) is 5.42. The van der Waals surface area contributed by atoms with Gasteiger partial charge in [0, 0.05) is 13.0 Å². The number of hydrogen-bond donors (Lipinski definition) is 1. The van der Waals surface area contributed by atoms with Gasteiger partial charge in [0.15, 0.2) is 0 Å². The third-order valence-electron chi connectivity index (χ3n) is 2.32. The molecule has 2 atom stereocenters. The summed E-state index contributed by atoms with van der Waals surface area (Å²) in [5.41, 5.74) is 0. The summed E-state index contributed by atoms with van der Waals surface area (Å²) in [6, 6.07) is 0. The Kier molecular flexibility index (Phi) is 3.94. The van der Waals surface area contributed by atoms with Gasteiger partial charge >= 0.3 is 0 Å². The zero-order valence-corrected chi connectivity index (χ0v) is 8.74. The van der Waals surface area contributed by atoms with Crippen LogP contribution in [0, 0.1) is 0 Å². The monoisotopic (exact) mass is 215 g/mol. The van der Waals surface area contributed by atoms with E-state index in [0.29, 0.717) is 12.2 Å².